The molecule has 1 rings (SSSR count). The maximum absolute atomic E-state index is 3.87. The Morgan fingerprint density at radius 2 is 1.43 bits per heavy atom. The third-order valence-electron chi connectivity index (χ3n) is 4.62. The molecule has 0 heterocycles. The van der Waals surface area contributed by atoms with Gasteiger partial charge in [0.25, 0.3) is 0 Å². The summed E-state index contributed by atoms with van der Waals surface area (Å²) in [4.78, 5) is 0. The topological polar surface area (TPSA) is 0 Å². The lowest BCUT2D eigenvalue weighted by Crippen LogP contribution is -2.11. The summed E-state index contributed by atoms with van der Waals surface area (Å²) in [6.07, 6.45) is 17.4. The Hall–Kier alpha value is -0.180. The summed E-state index contributed by atoms with van der Waals surface area (Å²) in [6, 6.07) is 11.3. The van der Waals surface area contributed by atoms with E-state index in [2.05, 4.69) is 56.8 Å². The van der Waals surface area contributed by atoms with Crippen molar-refractivity contribution in [1.82, 2.24) is 0 Å². The van der Waals surface area contributed by atoms with E-state index in [4.69, 9.17) is 0 Å². The van der Waals surface area contributed by atoms with Crippen molar-refractivity contribution in [3.05, 3.63) is 48.6 Å². The molecule has 1 atom stereocenters. The van der Waals surface area contributed by atoms with Gasteiger partial charge >= 0.3 is 0 Å². The van der Waals surface area contributed by atoms with Gasteiger partial charge in [0.2, 0.25) is 0 Å². The van der Waals surface area contributed by atoms with Crippen LogP contribution in [0.3, 0.4) is 0 Å². The van der Waals surface area contributed by atoms with Crippen LogP contribution in [0, 0.1) is 0 Å². The Labute approximate surface area is 149 Å². The molecule has 0 amide bonds. The molecule has 0 saturated heterocycles. The molecule has 2 heteroatoms. The maximum Gasteiger partial charge on any atom is 0.0842 e. The Morgan fingerprint density at radius 3 is 1.96 bits per heavy atom. The van der Waals surface area contributed by atoms with Crippen molar-refractivity contribution < 1.29 is 0 Å². The van der Waals surface area contributed by atoms with Crippen LogP contribution in [0.25, 0.3) is 0 Å². The van der Waals surface area contributed by atoms with Crippen LogP contribution in [0.1, 0.15) is 64.4 Å². The van der Waals surface area contributed by atoms with Gasteiger partial charge < -0.3 is 0 Å². The van der Waals surface area contributed by atoms with Crippen LogP contribution in [-0.2, 0) is 6.16 Å². The molecule has 0 N–H and O–H groups in total. The molecule has 0 radical (unpaired) electrons. The average molecular weight is 353 g/mol. The minimum Gasteiger partial charge on any atom is -0.153 e. The molecule has 1 unspecified atom stereocenters. The van der Waals surface area contributed by atoms with Gasteiger partial charge in [0.15, 0.2) is 0 Å². The zero-order chi connectivity index (χ0) is 16.1. The lowest BCUT2D eigenvalue weighted by atomic mass is 10.2. The molecule has 0 aliphatic carbocycles. The van der Waals surface area contributed by atoms with Gasteiger partial charge in [0.1, 0.15) is 0 Å². The predicted octanol–water partition coefficient (Wildman–Crippen LogP) is 7.22. The van der Waals surface area contributed by atoms with Crippen molar-refractivity contribution in [2.75, 3.05) is 18.5 Å². The molecule has 0 spiro atoms. The minimum absolute atomic E-state index is 0. The molecule has 0 nitrogen and oxygen atoms in total. The van der Waals surface area contributed by atoms with Gasteiger partial charge in [-0.05, 0) is 37.7 Å². The van der Waals surface area contributed by atoms with Crippen LogP contribution in [0.2, 0.25) is 0 Å². The van der Waals surface area contributed by atoms with Crippen LogP contribution in [-0.4, -0.2) is 18.5 Å². The molecule has 0 aromatic heterocycles. The first-order valence-electron chi connectivity index (χ1n) is 9.26. The van der Waals surface area contributed by atoms with Crippen LogP contribution in [0.5, 0.6) is 0 Å². The second-order valence-corrected chi connectivity index (χ2v) is 11.0. The van der Waals surface area contributed by atoms with Crippen molar-refractivity contribution in [3.8, 4) is 0 Å². The summed E-state index contributed by atoms with van der Waals surface area (Å²) in [5.41, 5.74) is 1.58. The number of allylic oxidation sites excluding steroid dienone is 1. The SMILES string of the molecule is C=CCCCC[P+](CCCC)(CCCC)Cc1ccccc1.P. The first-order valence-corrected chi connectivity index (χ1v) is 11.8. The summed E-state index contributed by atoms with van der Waals surface area (Å²) < 4.78 is 0. The largest absolute Gasteiger partial charge is 0.153 e. The molecule has 0 bridgehead atoms. The molecule has 1 aromatic carbocycles. The smallest absolute Gasteiger partial charge is 0.0842 e. The van der Waals surface area contributed by atoms with Crippen molar-refractivity contribution in [2.45, 2.75) is 65.0 Å². The van der Waals surface area contributed by atoms with Gasteiger partial charge in [-0.2, -0.15) is 9.90 Å². The van der Waals surface area contributed by atoms with Gasteiger partial charge in [-0.3, -0.25) is 0 Å². The van der Waals surface area contributed by atoms with Crippen LogP contribution in [0.4, 0.5) is 0 Å². The van der Waals surface area contributed by atoms with Crippen molar-refractivity contribution in [3.63, 3.8) is 0 Å². The highest BCUT2D eigenvalue weighted by Gasteiger charge is 2.35. The fourth-order valence-corrected chi connectivity index (χ4v) is 8.27. The van der Waals surface area contributed by atoms with Crippen LogP contribution >= 0.6 is 17.2 Å². The van der Waals surface area contributed by atoms with E-state index >= 15 is 0 Å². The molecule has 0 fully saturated rings. The first kappa shape index (κ1) is 22.8. The van der Waals surface area contributed by atoms with Crippen LogP contribution < -0.4 is 0 Å². The van der Waals surface area contributed by atoms with Crippen LogP contribution in [0.15, 0.2) is 43.0 Å². The fraction of sp³-hybridized carbons (Fsp3) is 0.619. The highest BCUT2D eigenvalue weighted by Crippen LogP contribution is 2.63. The van der Waals surface area contributed by atoms with E-state index in [9.17, 15) is 0 Å². The number of rotatable bonds is 13. The number of hydrogen-bond donors (Lipinski definition) is 0. The van der Waals surface area contributed by atoms with Gasteiger partial charge in [0, 0.05) is 7.26 Å². The van der Waals surface area contributed by atoms with E-state index in [0.29, 0.717) is 0 Å². The van der Waals surface area contributed by atoms with Gasteiger partial charge in [-0.1, -0.05) is 63.1 Å². The van der Waals surface area contributed by atoms with Gasteiger partial charge in [0.05, 0.1) is 24.6 Å². The number of unbranched alkanes of at least 4 members (excludes halogenated alkanes) is 4. The summed E-state index contributed by atoms with van der Waals surface area (Å²) in [5.74, 6) is 0. The number of benzene rings is 1. The standard InChI is InChI=1S/C21H36P.H3P/c1-4-7-10-14-19-22(17-8-5-2,18-9-6-3)20-21-15-12-11-13-16-21;/h4,11-13,15-16H,1,5-10,14,17-20H2,2-3H3;1H3/q+1;. The first-order chi connectivity index (χ1) is 10.8. The molecule has 23 heavy (non-hydrogen) atoms. The number of hydrogen-bond acceptors (Lipinski definition) is 0. The zero-order valence-electron chi connectivity index (χ0n) is 15.6. The monoisotopic (exact) mass is 353 g/mol. The van der Waals surface area contributed by atoms with Crippen molar-refractivity contribution in [1.29, 1.82) is 0 Å². The lowest BCUT2D eigenvalue weighted by Gasteiger charge is -2.28. The van der Waals surface area contributed by atoms with E-state index in [1.54, 1.807) is 5.56 Å². The average Bonchev–Trinajstić information content (AvgIpc) is 2.56. The van der Waals surface area contributed by atoms with E-state index in [1.165, 1.54) is 69.6 Å². The van der Waals surface area contributed by atoms with E-state index in [0.717, 1.165) is 0 Å². The molecule has 0 saturated carbocycles. The third kappa shape index (κ3) is 9.64. The highest BCUT2D eigenvalue weighted by atomic mass is 31.2. The second-order valence-electron chi connectivity index (χ2n) is 6.65. The summed E-state index contributed by atoms with van der Waals surface area (Å²) >= 11 is 0. The third-order valence-corrected chi connectivity index (χ3v) is 9.45. The Morgan fingerprint density at radius 1 is 0.870 bits per heavy atom. The normalized spacial score (nSPS) is 11.0. The van der Waals surface area contributed by atoms with Crippen molar-refractivity contribution >= 4 is 17.2 Å². The molecular weight excluding hydrogens is 314 g/mol. The highest BCUT2D eigenvalue weighted by molar-refractivity contribution is 7.75. The summed E-state index contributed by atoms with van der Waals surface area (Å²) in [7, 11) is -0.826. The predicted molar refractivity (Wildman–Crippen MR) is 117 cm³/mol. The lowest BCUT2D eigenvalue weighted by molar-refractivity contribution is 0.799. The van der Waals surface area contributed by atoms with E-state index in [-0.39, 0.29) is 9.90 Å². The molecule has 132 valence electrons. The van der Waals surface area contributed by atoms with Gasteiger partial charge in [-0.25, -0.2) is 0 Å². The molecular formula is C21H39P2+. The van der Waals surface area contributed by atoms with E-state index in [1.807, 2.05) is 0 Å². The molecule has 0 aliphatic heterocycles. The Bertz CT molecular complexity index is 378. The quantitative estimate of drug-likeness (QED) is 0.199. The Balaban J connectivity index is 0.00000484. The van der Waals surface area contributed by atoms with Gasteiger partial charge in [-0.15, -0.1) is 6.58 Å². The minimum atomic E-state index is -0.826. The fourth-order valence-electron chi connectivity index (χ4n) is 3.27. The summed E-state index contributed by atoms with van der Waals surface area (Å²) in [6.45, 7) is 8.55. The van der Waals surface area contributed by atoms with E-state index < -0.39 is 7.26 Å². The molecule has 1 aromatic rings. The summed E-state index contributed by atoms with van der Waals surface area (Å²) in [5, 5.41) is 0. The Kier molecular flexibility index (Phi) is 14.1. The molecule has 0 aliphatic rings. The maximum atomic E-state index is 3.87. The van der Waals surface area contributed by atoms with Crippen molar-refractivity contribution in [2.24, 2.45) is 0 Å². The zero-order valence-corrected chi connectivity index (χ0v) is 17.9. The second kappa shape index (κ2) is 14.2.